The Morgan fingerprint density at radius 1 is 1.28 bits per heavy atom. The molecule has 2 aromatic rings. The zero-order valence-electron chi connectivity index (χ0n) is 9.10. The first-order valence-electron chi connectivity index (χ1n) is 5.26. The topological polar surface area (TPSA) is 110 Å². The smallest absolute Gasteiger partial charge is 0.166 e. The molecule has 0 aliphatic heterocycles. The van der Waals surface area contributed by atoms with Crippen molar-refractivity contribution in [2.75, 3.05) is 5.73 Å². The minimum atomic E-state index is -0.951. The molecule has 7 nitrogen and oxygen atoms in total. The lowest BCUT2D eigenvalue weighted by Gasteiger charge is -2.19. The highest BCUT2D eigenvalue weighted by Crippen LogP contribution is 2.36. The highest BCUT2D eigenvalue weighted by Gasteiger charge is 2.36. The van der Waals surface area contributed by atoms with Crippen LogP contribution in [0.1, 0.15) is 6.04 Å². The van der Waals surface area contributed by atoms with Crippen molar-refractivity contribution in [3.63, 3.8) is 0 Å². The number of imidazole rings is 1. The van der Waals surface area contributed by atoms with Gasteiger partial charge in [0.05, 0.1) is 12.4 Å². The molecule has 0 radical (unpaired) electrons. The molecule has 2 aromatic heterocycles. The van der Waals surface area contributed by atoms with Crippen LogP contribution in [0.2, 0.25) is 0 Å². The van der Waals surface area contributed by atoms with E-state index >= 15 is 0 Å². The number of nitrogen functional groups attached to an aromatic ring is 1. The summed E-state index contributed by atoms with van der Waals surface area (Å²) in [4.78, 5) is 12.1. The summed E-state index contributed by atoms with van der Waals surface area (Å²) in [6, 6.07) is -0.459. The van der Waals surface area contributed by atoms with E-state index in [1.807, 2.05) is 0 Å². The molecule has 94 valence electrons. The summed E-state index contributed by atoms with van der Waals surface area (Å²) >= 11 is 3.33. The number of nitrogens with zero attached hydrogens (tertiary/aromatic N) is 4. The van der Waals surface area contributed by atoms with Crippen molar-refractivity contribution in [2.45, 2.75) is 18.2 Å². The first-order chi connectivity index (χ1) is 8.59. The Labute approximate surface area is 110 Å². The highest BCUT2D eigenvalue weighted by molar-refractivity contribution is 9.11. The van der Waals surface area contributed by atoms with Crippen LogP contribution in [-0.2, 0) is 0 Å². The normalized spacial score (nSPS) is 27.7. The molecule has 3 rings (SSSR count). The van der Waals surface area contributed by atoms with Gasteiger partial charge in [0.25, 0.3) is 0 Å². The Kier molecular flexibility index (Phi) is 2.58. The van der Waals surface area contributed by atoms with Gasteiger partial charge in [0.15, 0.2) is 11.5 Å². The molecule has 8 heteroatoms. The van der Waals surface area contributed by atoms with Gasteiger partial charge in [0.2, 0.25) is 0 Å². The van der Waals surface area contributed by atoms with Crippen molar-refractivity contribution in [2.24, 2.45) is 0 Å². The van der Waals surface area contributed by atoms with E-state index in [1.165, 1.54) is 12.7 Å². The van der Waals surface area contributed by atoms with Crippen LogP contribution in [-0.4, -0.2) is 41.9 Å². The molecule has 3 atom stereocenters. The zero-order chi connectivity index (χ0) is 12.9. The lowest BCUT2D eigenvalue weighted by molar-refractivity contribution is 0.0372. The SMILES string of the molecule is Nc1ncnc2c1ncn2C1C(Br)=CC(O)C1O. The first kappa shape index (κ1) is 11.6. The number of hydrogen-bond acceptors (Lipinski definition) is 6. The van der Waals surface area contributed by atoms with Gasteiger partial charge in [0, 0.05) is 4.48 Å². The van der Waals surface area contributed by atoms with Crippen molar-refractivity contribution >= 4 is 32.9 Å². The van der Waals surface area contributed by atoms with Gasteiger partial charge in [-0.15, -0.1) is 0 Å². The number of aromatic nitrogens is 4. The van der Waals surface area contributed by atoms with Gasteiger partial charge in [0.1, 0.15) is 24.1 Å². The Morgan fingerprint density at radius 2 is 2.06 bits per heavy atom. The van der Waals surface area contributed by atoms with Crippen molar-refractivity contribution in [1.29, 1.82) is 0 Å². The third kappa shape index (κ3) is 1.53. The Bertz CT molecular complexity index is 640. The van der Waals surface area contributed by atoms with Gasteiger partial charge in [-0.2, -0.15) is 0 Å². The van der Waals surface area contributed by atoms with E-state index in [-0.39, 0.29) is 5.82 Å². The maximum atomic E-state index is 9.97. The van der Waals surface area contributed by atoms with Crippen molar-refractivity contribution < 1.29 is 10.2 Å². The lowest BCUT2D eigenvalue weighted by Crippen LogP contribution is -2.28. The number of anilines is 1. The van der Waals surface area contributed by atoms with Crippen molar-refractivity contribution in [3.8, 4) is 0 Å². The Hall–Kier alpha value is -1.51. The second-order valence-corrected chi connectivity index (χ2v) is 4.98. The van der Waals surface area contributed by atoms with Gasteiger partial charge in [-0.25, -0.2) is 15.0 Å². The predicted octanol–water partition coefficient (Wildman–Crippen LogP) is -0.0362. The van der Waals surface area contributed by atoms with Crippen LogP contribution in [0.4, 0.5) is 5.82 Å². The maximum absolute atomic E-state index is 9.97. The molecule has 0 saturated heterocycles. The number of halogens is 1. The molecule has 0 saturated carbocycles. The van der Waals surface area contributed by atoms with Crippen LogP contribution in [0, 0.1) is 0 Å². The largest absolute Gasteiger partial charge is 0.388 e. The Morgan fingerprint density at radius 3 is 2.72 bits per heavy atom. The van der Waals surface area contributed by atoms with E-state index in [0.29, 0.717) is 15.6 Å². The molecule has 2 heterocycles. The van der Waals surface area contributed by atoms with E-state index < -0.39 is 18.2 Å². The summed E-state index contributed by atoms with van der Waals surface area (Å²) in [6.07, 6.45) is 2.54. The van der Waals surface area contributed by atoms with E-state index in [2.05, 4.69) is 30.9 Å². The minimum Gasteiger partial charge on any atom is -0.388 e. The van der Waals surface area contributed by atoms with Gasteiger partial charge >= 0.3 is 0 Å². The fourth-order valence-corrected chi connectivity index (χ4v) is 2.84. The van der Waals surface area contributed by atoms with E-state index in [1.54, 1.807) is 10.6 Å². The first-order valence-corrected chi connectivity index (χ1v) is 6.05. The summed E-state index contributed by atoms with van der Waals surface area (Å²) in [5, 5.41) is 19.6. The molecule has 1 aliphatic carbocycles. The standard InChI is InChI=1S/C10H10BrN5O2/c11-4-1-5(17)8(18)7(4)16-3-15-6-9(12)13-2-14-10(6)16/h1-3,5,7-8,17-18H,(H2,12,13,14). The second kappa shape index (κ2) is 4.01. The van der Waals surface area contributed by atoms with Crippen molar-refractivity contribution in [3.05, 3.63) is 23.2 Å². The third-order valence-electron chi connectivity index (χ3n) is 2.97. The molecule has 3 unspecified atom stereocenters. The molecule has 1 aliphatic rings. The fraction of sp³-hybridized carbons (Fsp3) is 0.300. The summed E-state index contributed by atoms with van der Waals surface area (Å²) in [6.45, 7) is 0. The number of hydrogen-bond donors (Lipinski definition) is 3. The predicted molar refractivity (Wildman–Crippen MR) is 67.8 cm³/mol. The van der Waals surface area contributed by atoms with Crippen LogP contribution in [0.25, 0.3) is 11.2 Å². The summed E-state index contributed by atoms with van der Waals surface area (Å²) in [5.74, 6) is 0.284. The number of nitrogens with two attached hydrogens (primary N) is 1. The molecular weight excluding hydrogens is 302 g/mol. The van der Waals surface area contributed by atoms with Crippen LogP contribution in [0.15, 0.2) is 23.2 Å². The van der Waals surface area contributed by atoms with Crippen LogP contribution < -0.4 is 5.73 Å². The fourth-order valence-electron chi connectivity index (χ4n) is 2.08. The second-order valence-electron chi connectivity index (χ2n) is 4.06. The monoisotopic (exact) mass is 311 g/mol. The summed E-state index contributed by atoms with van der Waals surface area (Å²) in [7, 11) is 0. The van der Waals surface area contributed by atoms with Crippen LogP contribution in [0.5, 0.6) is 0 Å². The van der Waals surface area contributed by atoms with Crippen LogP contribution >= 0.6 is 15.9 Å². The third-order valence-corrected chi connectivity index (χ3v) is 3.71. The number of fused-ring (bicyclic) bond motifs is 1. The minimum absolute atomic E-state index is 0.284. The molecule has 18 heavy (non-hydrogen) atoms. The van der Waals surface area contributed by atoms with Gasteiger partial charge in [-0.1, -0.05) is 15.9 Å². The molecule has 0 aromatic carbocycles. The van der Waals surface area contributed by atoms with Gasteiger partial charge in [-0.3, -0.25) is 0 Å². The average Bonchev–Trinajstić information content (AvgIpc) is 2.84. The van der Waals surface area contributed by atoms with Gasteiger partial charge < -0.3 is 20.5 Å². The summed E-state index contributed by atoms with van der Waals surface area (Å²) < 4.78 is 2.34. The molecule has 0 fully saturated rings. The van der Waals surface area contributed by atoms with Crippen LogP contribution in [0.3, 0.4) is 0 Å². The number of rotatable bonds is 1. The summed E-state index contributed by atoms with van der Waals surface area (Å²) in [5.41, 5.74) is 6.70. The number of aliphatic hydroxyl groups is 2. The molecule has 0 bridgehead atoms. The lowest BCUT2D eigenvalue weighted by atomic mass is 10.2. The Balaban J connectivity index is 2.16. The zero-order valence-corrected chi connectivity index (χ0v) is 10.7. The van der Waals surface area contributed by atoms with E-state index in [9.17, 15) is 10.2 Å². The van der Waals surface area contributed by atoms with E-state index in [4.69, 9.17) is 5.73 Å². The van der Waals surface area contributed by atoms with Crippen molar-refractivity contribution in [1.82, 2.24) is 19.5 Å². The van der Waals surface area contributed by atoms with E-state index in [0.717, 1.165) is 0 Å². The molecular formula is C10H10BrN5O2. The number of aliphatic hydroxyl groups excluding tert-OH is 2. The van der Waals surface area contributed by atoms with Gasteiger partial charge in [-0.05, 0) is 6.08 Å². The quantitative estimate of drug-likeness (QED) is 0.682. The maximum Gasteiger partial charge on any atom is 0.166 e. The highest BCUT2D eigenvalue weighted by atomic mass is 79.9. The average molecular weight is 312 g/mol. The molecule has 0 spiro atoms. The molecule has 4 N–H and O–H groups in total. The molecule has 0 amide bonds.